The maximum atomic E-state index is 12.4. The lowest BCUT2D eigenvalue weighted by atomic mass is 9.95. The van der Waals surface area contributed by atoms with Gasteiger partial charge in [0.25, 0.3) is 0 Å². The minimum Gasteiger partial charge on any atom is -0.479 e. The van der Waals surface area contributed by atoms with Crippen molar-refractivity contribution in [2.45, 2.75) is 79.9 Å². The van der Waals surface area contributed by atoms with Gasteiger partial charge in [0.1, 0.15) is 31.9 Å². The zero-order valence-electron chi connectivity index (χ0n) is 29.3. The van der Waals surface area contributed by atoms with Gasteiger partial charge in [-0.25, -0.2) is 24.0 Å². The highest BCUT2D eigenvalue weighted by Crippen LogP contribution is 2.19. The first kappa shape index (κ1) is 43.2. The van der Waals surface area contributed by atoms with Crippen LogP contribution in [0.3, 0.4) is 0 Å². The minimum atomic E-state index is -1.29. The summed E-state index contributed by atoms with van der Waals surface area (Å²) in [6.45, 7) is 11.3. The normalized spacial score (nSPS) is 12.6. The van der Waals surface area contributed by atoms with Gasteiger partial charge in [0, 0.05) is 0 Å². The summed E-state index contributed by atoms with van der Waals surface area (Å²) < 4.78 is 24.9. The molecular formula is C35H47ClN2O12. The van der Waals surface area contributed by atoms with Gasteiger partial charge in [-0.2, -0.15) is 0 Å². The van der Waals surface area contributed by atoms with Crippen molar-refractivity contribution in [3.8, 4) is 0 Å². The van der Waals surface area contributed by atoms with Gasteiger partial charge in [-0.15, -0.1) is 0 Å². The summed E-state index contributed by atoms with van der Waals surface area (Å²) in [5.41, 5.74) is 0.585. The zero-order chi connectivity index (χ0) is 37.9. The highest BCUT2D eigenvalue weighted by molar-refractivity contribution is 6.17. The molecule has 276 valence electrons. The number of carbonyl (C=O) groups is 6. The predicted octanol–water partition coefficient (Wildman–Crippen LogP) is 5.20. The molecule has 0 aromatic heterocycles. The summed E-state index contributed by atoms with van der Waals surface area (Å²) in [7, 11) is 0. The van der Waals surface area contributed by atoms with Gasteiger partial charge in [0.2, 0.25) is 0 Å². The van der Waals surface area contributed by atoms with E-state index in [4.69, 9.17) is 40.4 Å². The van der Waals surface area contributed by atoms with E-state index in [1.54, 1.807) is 53.7 Å². The Hall–Kier alpha value is -4.85. The summed E-state index contributed by atoms with van der Waals surface area (Å²) >= 11 is 5.38. The van der Waals surface area contributed by atoms with Crippen LogP contribution in [0.4, 0.5) is 9.59 Å². The lowest BCUT2D eigenvalue weighted by Gasteiger charge is -2.25. The van der Waals surface area contributed by atoms with Gasteiger partial charge in [-0.3, -0.25) is 4.79 Å². The SMILES string of the molecule is CC(C)[C@H](NC(=O)OCc1ccccc1)C(=O)OCC(C)(C)C(=O)OCCl.CC(OC(=O)[C@@H](NC(=O)OCc1ccccc1)C(C)C)C(=O)O. The molecule has 2 rings (SSSR count). The molecule has 2 aromatic carbocycles. The minimum absolute atomic E-state index is 0.0675. The van der Waals surface area contributed by atoms with Crippen molar-refractivity contribution < 1.29 is 57.6 Å². The fourth-order valence-corrected chi connectivity index (χ4v) is 3.82. The molecule has 3 atom stereocenters. The molecule has 1 unspecified atom stereocenters. The van der Waals surface area contributed by atoms with Crippen molar-refractivity contribution in [2.24, 2.45) is 17.3 Å². The maximum absolute atomic E-state index is 12.4. The van der Waals surface area contributed by atoms with Gasteiger partial charge in [-0.05, 0) is 43.7 Å². The molecule has 2 aromatic rings. The summed E-state index contributed by atoms with van der Waals surface area (Å²) in [5.74, 6) is -3.83. The third-order valence-electron chi connectivity index (χ3n) is 6.77. The van der Waals surface area contributed by atoms with E-state index in [1.165, 1.54) is 6.92 Å². The number of benzene rings is 2. The molecule has 0 heterocycles. The predicted molar refractivity (Wildman–Crippen MR) is 182 cm³/mol. The number of carboxylic acid groups (broad SMARTS) is 1. The van der Waals surface area contributed by atoms with Crippen LogP contribution in [0, 0.1) is 17.3 Å². The number of ether oxygens (including phenoxy) is 5. The number of nitrogens with one attached hydrogen (secondary N) is 2. The first-order valence-electron chi connectivity index (χ1n) is 15.8. The Kier molecular flexibility index (Phi) is 19.0. The summed E-state index contributed by atoms with van der Waals surface area (Å²) in [6, 6.07) is 16.1. The molecule has 14 nitrogen and oxygen atoms in total. The Morgan fingerprint density at radius 2 is 1.10 bits per heavy atom. The van der Waals surface area contributed by atoms with Crippen LogP contribution in [0.25, 0.3) is 0 Å². The van der Waals surface area contributed by atoms with Gasteiger partial charge < -0.3 is 39.4 Å². The number of alkyl carbamates (subject to hydrolysis) is 2. The number of carboxylic acids is 1. The van der Waals surface area contributed by atoms with Crippen molar-refractivity contribution in [1.29, 1.82) is 0 Å². The largest absolute Gasteiger partial charge is 0.479 e. The molecule has 0 aliphatic heterocycles. The monoisotopic (exact) mass is 722 g/mol. The van der Waals surface area contributed by atoms with E-state index >= 15 is 0 Å². The smallest absolute Gasteiger partial charge is 0.408 e. The molecule has 2 amide bonds. The summed E-state index contributed by atoms with van der Waals surface area (Å²) in [4.78, 5) is 70.6. The number of halogens is 1. The molecule has 0 aliphatic rings. The number of amides is 2. The molecule has 0 saturated heterocycles. The molecule has 3 N–H and O–H groups in total. The Morgan fingerprint density at radius 3 is 1.48 bits per heavy atom. The van der Waals surface area contributed by atoms with Gasteiger partial charge in [-0.1, -0.05) is 100.0 Å². The summed E-state index contributed by atoms with van der Waals surface area (Å²) in [5, 5.41) is 13.7. The highest BCUT2D eigenvalue weighted by atomic mass is 35.5. The number of esters is 3. The van der Waals surface area contributed by atoms with Gasteiger partial charge in [0.05, 0.1) is 5.41 Å². The number of rotatable bonds is 16. The third-order valence-corrected chi connectivity index (χ3v) is 6.88. The summed E-state index contributed by atoms with van der Waals surface area (Å²) in [6.07, 6.45) is -2.78. The van der Waals surface area contributed by atoms with Crippen LogP contribution in [0.2, 0.25) is 0 Å². The fraction of sp³-hybridized carbons (Fsp3) is 0.486. The molecule has 0 aliphatic carbocycles. The molecule has 0 bridgehead atoms. The van der Waals surface area contributed by atoms with Gasteiger partial charge in [0.15, 0.2) is 12.2 Å². The van der Waals surface area contributed by atoms with E-state index in [-0.39, 0.29) is 37.7 Å². The molecule has 50 heavy (non-hydrogen) atoms. The molecule has 0 saturated carbocycles. The van der Waals surface area contributed by atoms with Crippen molar-refractivity contribution in [1.82, 2.24) is 10.6 Å². The first-order valence-corrected chi connectivity index (χ1v) is 16.3. The zero-order valence-corrected chi connectivity index (χ0v) is 30.1. The Morgan fingerprint density at radius 1 is 0.680 bits per heavy atom. The number of hydrogen-bond acceptors (Lipinski definition) is 11. The average Bonchev–Trinajstić information content (AvgIpc) is 3.07. The fourth-order valence-electron chi connectivity index (χ4n) is 3.72. The van der Waals surface area contributed by atoms with Crippen LogP contribution >= 0.6 is 11.6 Å². The lowest BCUT2D eigenvalue weighted by Crippen LogP contribution is -2.46. The quantitative estimate of drug-likeness (QED) is 0.117. The second-order valence-electron chi connectivity index (χ2n) is 12.3. The van der Waals surface area contributed by atoms with E-state index < -0.39 is 59.7 Å². The Labute approximate surface area is 297 Å². The first-order chi connectivity index (χ1) is 23.5. The molecule has 0 radical (unpaired) electrons. The van der Waals surface area contributed by atoms with Crippen LogP contribution < -0.4 is 10.6 Å². The van der Waals surface area contributed by atoms with Crippen LogP contribution in [0.5, 0.6) is 0 Å². The van der Waals surface area contributed by atoms with Gasteiger partial charge >= 0.3 is 36.1 Å². The lowest BCUT2D eigenvalue weighted by molar-refractivity contribution is -0.164. The average molecular weight is 723 g/mol. The van der Waals surface area contributed by atoms with Crippen LogP contribution in [-0.2, 0) is 56.1 Å². The van der Waals surface area contributed by atoms with E-state index in [9.17, 15) is 28.8 Å². The van der Waals surface area contributed by atoms with Crippen LogP contribution in [-0.4, -0.2) is 72.0 Å². The van der Waals surface area contributed by atoms with E-state index in [2.05, 4.69) is 10.6 Å². The Bertz CT molecular complexity index is 1390. The van der Waals surface area contributed by atoms with Crippen molar-refractivity contribution in [3.63, 3.8) is 0 Å². The number of carbonyl (C=O) groups excluding carboxylic acids is 5. The molecule has 0 spiro atoms. The molecule has 15 heteroatoms. The Balaban J connectivity index is 0.000000506. The number of hydrogen-bond donors (Lipinski definition) is 3. The van der Waals surface area contributed by atoms with Crippen molar-refractivity contribution >= 4 is 47.7 Å². The van der Waals surface area contributed by atoms with E-state index in [0.29, 0.717) is 0 Å². The maximum Gasteiger partial charge on any atom is 0.408 e. The number of alkyl halides is 1. The van der Waals surface area contributed by atoms with Crippen LogP contribution in [0.15, 0.2) is 60.7 Å². The van der Waals surface area contributed by atoms with Crippen LogP contribution in [0.1, 0.15) is 59.6 Å². The molecule has 0 fully saturated rings. The van der Waals surface area contributed by atoms with E-state index in [1.807, 2.05) is 48.5 Å². The highest BCUT2D eigenvalue weighted by Gasteiger charge is 2.34. The second kappa shape index (κ2) is 22.0. The van der Waals surface area contributed by atoms with Crippen molar-refractivity contribution in [3.05, 3.63) is 71.8 Å². The number of aliphatic carboxylic acids is 1. The topological polar surface area (TPSA) is 193 Å². The van der Waals surface area contributed by atoms with E-state index in [0.717, 1.165) is 11.1 Å². The standard InChI is InChI=1S/C19H26ClNO6.C16H21NO6/c1-13(2)15(16(22)26-11-19(3,4)17(23)27-12-20)21-18(24)25-10-14-8-6-5-7-9-14;1-10(2)13(15(20)23-11(3)14(18)19)17-16(21)22-9-12-7-5-4-6-8-12/h5-9,13,15H,10-12H2,1-4H3,(H,21,24);4-8,10-11,13H,9H2,1-3H3,(H,17,21)(H,18,19)/t15-;11?,13-/m00/s1. The molecular weight excluding hydrogens is 676 g/mol. The second-order valence-corrected chi connectivity index (χ2v) is 12.5. The van der Waals surface area contributed by atoms with Crippen molar-refractivity contribution in [2.75, 3.05) is 12.7 Å². The third kappa shape index (κ3) is 16.5.